The van der Waals surface area contributed by atoms with Crippen LogP contribution in [-0.4, -0.2) is 29.0 Å². The van der Waals surface area contributed by atoms with Crippen LogP contribution in [0.25, 0.3) is 11.1 Å². The van der Waals surface area contributed by atoms with E-state index in [4.69, 9.17) is 0 Å². The van der Waals surface area contributed by atoms with Gasteiger partial charge in [0.2, 0.25) is 5.95 Å². The molecule has 0 spiro atoms. The predicted octanol–water partition coefficient (Wildman–Crippen LogP) is 4.94. The predicted molar refractivity (Wildman–Crippen MR) is 119 cm³/mol. The van der Waals surface area contributed by atoms with Crippen LogP contribution in [0.1, 0.15) is 10.4 Å². The van der Waals surface area contributed by atoms with Crippen LogP contribution in [0.2, 0.25) is 0 Å². The summed E-state index contributed by atoms with van der Waals surface area (Å²) in [5.41, 5.74) is 4.71. The topological polar surface area (TPSA) is 49.3 Å². The van der Waals surface area contributed by atoms with E-state index >= 15 is 0 Å². The van der Waals surface area contributed by atoms with Gasteiger partial charge >= 0.3 is 0 Å². The molecular formula is C25H20N4O. The van der Waals surface area contributed by atoms with Crippen molar-refractivity contribution in [2.45, 2.75) is 0 Å². The first-order chi connectivity index (χ1) is 14.8. The molecule has 1 aliphatic rings. The van der Waals surface area contributed by atoms with Crippen LogP contribution in [0.3, 0.4) is 0 Å². The summed E-state index contributed by atoms with van der Waals surface area (Å²) >= 11 is 0. The van der Waals surface area contributed by atoms with Crippen molar-refractivity contribution in [3.63, 3.8) is 0 Å². The Balaban J connectivity index is 1.45. The minimum absolute atomic E-state index is 0.00399. The molecule has 0 radical (unpaired) electrons. The van der Waals surface area contributed by atoms with Crippen molar-refractivity contribution in [3.05, 3.63) is 103 Å². The van der Waals surface area contributed by atoms with Gasteiger partial charge in [-0.25, -0.2) is 9.97 Å². The second kappa shape index (κ2) is 7.79. The van der Waals surface area contributed by atoms with Crippen LogP contribution in [0.5, 0.6) is 0 Å². The highest BCUT2D eigenvalue weighted by atomic mass is 16.2. The highest BCUT2D eigenvalue weighted by Crippen LogP contribution is 2.36. The molecule has 0 unspecified atom stereocenters. The number of fused-ring (bicyclic) bond motifs is 1. The summed E-state index contributed by atoms with van der Waals surface area (Å²) in [6.07, 6.45) is 3.47. The summed E-state index contributed by atoms with van der Waals surface area (Å²) in [6, 6.07) is 27.7. The first-order valence-electron chi connectivity index (χ1n) is 9.92. The Kier molecular flexibility index (Phi) is 4.69. The Hall–Kier alpha value is -3.99. The molecule has 146 valence electrons. The van der Waals surface area contributed by atoms with E-state index < -0.39 is 0 Å². The molecule has 5 rings (SSSR count). The van der Waals surface area contributed by atoms with Crippen molar-refractivity contribution < 1.29 is 4.79 Å². The second-order valence-electron chi connectivity index (χ2n) is 7.09. The molecular weight excluding hydrogens is 372 g/mol. The number of para-hydroxylation sites is 2. The van der Waals surface area contributed by atoms with Gasteiger partial charge in [0.05, 0.1) is 11.4 Å². The Morgan fingerprint density at radius 3 is 2.03 bits per heavy atom. The average Bonchev–Trinajstić information content (AvgIpc) is 2.84. The van der Waals surface area contributed by atoms with Crippen molar-refractivity contribution in [1.82, 2.24) is 9.97 Å². The fourth-order valence-corrected chi connectivity index (χ4v) is 3.80. The van der Waals surface area contributed by atoms with Gasteiger partial charge in [-0.05, 0) is 41.5 Å². The molecule has 1 aromatic heterocycles. The van der Waals surface area contributed by atoms with Crippen LogP contribution in [-0.2, 0) is 0 Å². The van der Waals surface area contributed by atoms with Gasteiger partial charge in [0.15, 0.2) is 0 Å². The Morgan fingerprint density at radius 2 is 1.30 bits per heavy atom. The van der Waals surface area contributed by atoms with Crippen LogP contribution in [0.15, 0.2) is 97.3 Å². The zero-order chi connectivity index (χ0) is 20.3. The highest BCUT2D eigenvalue weighted by Gasteiger charge is 2.29. The maximum Gasteiger partial charge on any atom is 0.258 e. The van der Waals surface area contributed by atoms with Crippen LogP contribution in [0, 0.1) is 0 Å². The van der Waals surface area contributed by atoms with E-state index in [9.17, 15) is 4.79 Å². The molecule has 0 fully saturated rings. The van der Waals surface area contributed by atoms with Gasteiger partial charge in [0.25, 0.3) is 5.91 Å². The van der Waals surface area contributed by atoms with E-state index in [0.717, 1.165) is 22.5 Å². The summed E-state index contributed by atoms with van der Waals surface area (Å²) < 4.78 is 0. The van der Waals surface area contributed by atoms with Gasteiger partial charge in [-0.15, -0.1) is 0 Å². The van der Waals surface area contributed by atoms with Crippen molar-refractivity contribution in [1.29, 1.82) is 0 Å². The summed E-state index contributed by atoms with van der Waals surface area (Å²) in [6.45, 7) is 1.20. The van der Waals surface area contributed by atoms with Crippen LogP contribution in [0.4, 0.5) is 17.3 Å². The molecule has 3 aromatic carbocycles. The number of benzene rings is 3. The van der Waals surface area contributed by atoms with Gasteiger partial charge < -0.3 is 9.80 Å². The Bertz CT molecular complexity index is 1160. The maximum atomic E-state index is 13.3. The molecule has 1 amide bonds. The molecule has 0 saturated heterocycles. The van der Waals surface area contributed by atoms with Gasteiger partial charge in [0.1, 0.15) is 0 Å². The largest absolute Gasteiger partial charge is 0.307 e. The molecule has 5 nitrogen and oxygen atoms in total. The van der Waals surface area contributed by atoms with E-state index in [2.05, 4.69) is 27.0 Å². The zero-order valence-corrected chi connectivity index (χ0v) is 16.3. The number of aromatic nitrogens is 2. The van der Waals surface area contributed by atoms with Crippen LogP contribution >= 0.6 is 0 Å². The summed E-state index contributed by atoms with van der Waals surface area (Å²) in [4.78, 5) is 26.0. The summed E-state index contributed by atoms with van der Waals surface area (Å²) in [5, 5.41) is 0. The minimum Gasteiger partial charge on any atom is -0.307 e. The quantitative estimate of drug-likeness (QED) is 0.495. The third-order valence-electron chi connectivity index (χ3n) is 5.29. The smallest absolute Gasteiger partial charge is 0.258 e. The lowest BCUT2D eigenvalue weighted by molar-refractivity contribution is 0.0987. The van der Waals surface area contributed by atoms with Crippen molar-refractivity contribution >= 4 is 23.2 Å². The first kappa shape index (κ1) is 18.1. The second-order valence-corrected chi connectivity index (χ2v) is 7.09. The average molecular weight is 392 g/mol. The van der Waals surface area contributed by atoms with Gasteiger partial charge in [-0.2, -0.15) is 0 Å². The van der Waals surface area contributed by atoms with Gasteiger partial charge in [0, 0.05) is 31.0 Å². The fourth-order valence-electron chi connectivity index (χ4n) is 3.80. The number of carbonyl (C=O) groups is 1. The molecule has 0 saturated carbocycles. The highest BCUT2D eigenvalue weighted by molar-refractivity contribution is 6.08. The summed E-state index contributed by atoms with van der Waals surface area (Å²) in [5.74, 6) is 0.639. The Morgan fingerprint density at radius 1 is 0.667 bits per heavy atom. The fraction of sp³-hybridized carbons (Fsp3) is 0.0800. The normalized spacial score (nSPS) is 13.1. The first-order valence-corrected chi connectivity index (χ1v) is 9.92. The van der Waals surface area contributed by atoms with E-state index in [-0.39, 0.29) is 5.91 Å². The molecule has 0 aliphatic carbocycles. The maximum absolute atomic E-state index is 13.3. The lowest BCUT2D eigenvalue weighted by Gasteiger charge is -2.36. The molecule has 4 aromatic rings. The molecule has 0 N–H and O–H groups in total. The van der Waals surface area contributed by atoms with E-state index in [1.54, 1.807) is 18.5 Å². The third kappa shape index (κ3) is 3.31. The van der Waals surface area contributed by atoms with Gasteiger partial charge in [-0.3, -0.25) is 4.79 Å². The lowest BCUT2D eigenvalue weighted by atomic mass is 10.0. The number of hydrogen-bond acceptors (Lipinski definition) is 4. The SMILES string of the molecule is O=C(c1ccc(-c2ccccc2)cc1)N1CCN(c2ncccn2)c2ccccc21. The van der Waals surface area contributed by atoms with Gasteiger partial charge in [-0.1, -0.05) is 54.6 Å². The molecule has 0 bridgehead atoms. The van der Waals surface area contributed by atoms with Crippen molar-refractivity contribution in [2.24, 2.45) is 0 Å². The lowest BCUT2D eigenvalue weighted by Crippen LogP contribution is -2.42. The molecule has 0 atom stereocenters. The number of rotatable bonds is 3. The van der Waals surface area contributed by atoms with E-state index in [1.165, 1.54) is 0 Å². The number of anilines is 3. The molecule has 2 heterocycles. The minimum atomic E-state index is -0.00399. The molecule has 30 heavy (non-hydrogen) atoms. The summed E-state index contributed by atoms with van der Waals surface area (Å²) in [7, 11) is 0. The number of hydrogen-bond donors (Lipinski definition) is 0. The third-order valence-corrected chi connectivity index (χ3v) is 5.29. The van der Waals surface area contributed by atoms with Crippen molar-refractivity contribution in [3.8, 4) is 11.1 Å². The standard InChI is InChI=1S/C25H20N4O/c30-24(21-13-11-20(12-14-21)19-7-2-1-3-8-19)28-17-18-29(25-26-15-6-16-27-25)23-10-5-4-9-22(23)28/h1-16H,17-18H2. The zero-order valence-electron chi connectivity index (χ0n) is 16.3. The van der Waals surface area contributed by atoms with Crippen molar-refractivity contribution in [2.75, 3.05) is 22.9 Å². The number of nitrogens with zero attached hydrogens (tertiary/aromatic N) is 4. The number of amides is 1. The molecule has 5 heteroatoms. The Labute approximate surface area is 175 Å². The van der Waals surface area contributed by atoms with Crippen LogP contribution < -0.4 is 9.80 Å². The monoisotopic (exact) mass is 392 g/mol. The van der Waals surface area contributed by atoms with E-state index in [0.29, 0.717) is 24.6 Å². The molecule has 1 aliphatic heterocycles. The van der Waals surface area contributed by atoms with E-state index in [1.807, 2.05) is 71.6 Å². The number of carbonyl (C=O) groups excluding carboxylic acids is 1.